The van der Waals surface area contributed by atoms with Gasteiger partial charge in [0.25, 0.3) is 0 Å². The minimum Gasteiger partial charge on any atom is -0.345 e. The predicted molar refractivity (Wildman–Crippen MR) is 90.6 cm³/mol. The van der Waals surface area contributed by atoms with Crippen molar-refractivity contribution in [3.63, 3.8) is 0 Å². The van der Waals surface area contributed by atoms with Gasteiger partial charge in [0.1, 0.15) is 0 Å². The lowest BCUT2D eigenvalue weighted by Gasteiger charge is -2.24. The maximum Gasteiger partial charge on any atom is 0.231 e. The minimum absolute atomic E-state index is 0.0122. The van der Waals surface area contributed by atoms with Gasteiger partial charge in [-0.15, -0.1) is 0 Å². The van der Waals surface area contributed by atoms with E-state index in [4.69, 9.17) is 0 Å². The third kappa shape index (κ3) is 2.46. The second-order valence-corrected chi connectivity index (χ2v) is 7.90. The number of fused-ring (bicyclic) bond motifs is 2. The van der Waals surface area contributed by atoms with Crippen molar-refractivity contribution in [2.75, 3.05) is 11.1 Å². The van der Waals surface area contributed by atoms with Crippen molar-refractivity contribution in [1.29, 1.82) is 0 Å². The van der Waals surface area contributed by atoms with Gasteiger partial charge in [-0.2, -0.15) is 0 Å². The van der Waals surface area contributed by atoms with Crippen molar-refractivity contribution in [2.45, 2.75) is 17.2 Å². The smallest absolute Gasteiger partial charge is 0.231 e. The Hall–Kier alpha value is -2.67. The molecule has 2 N–H and O–H groups in total. The van der Waals surface area contributed by atoms with E-state index in [1.807, 2.05) is 12.1 Å². The standard InChI is InChI=1S/C17H15N3O3S/c21-17(20-11-5-6-14-15(9-11)19-10-18-14)13-7-8-24(22,23)16-4-2-1-3-12(13)16/h1-6,9-10,13H,7-8H2,(H,18,19)(H,20,21). The number of benzene rings is 2. The lowest BCUT2D eigenvalue weighted by atomic mass is 9.95. The summed E-state index contributed by atoms with van der Waals surface area (Å²) in [7, 11) is -3.30. The first-order valence-electron chi connectivity index (χ1n) is 7.60. The number of sulfone groups is 1. The fraction of sp³-hybridized carbons (Fsp3) is 0.176. The molecule has 24 heavy (non-hydrogen) atoms. The van der Waals surface area contributed by atoms with Crippen LogP contribution in [0.5, 0.6) is 0 Å². The molecule has 1 atom stereocenters. The Balaban J connectivity index is 1.65. The summed E-state index contributed by atoms with van der Waals surface area (Å²) in [6, 6.07) is 12.1. The Labute approximate surface area is 138 Å². The average Bonchev–Trinajstić information content (AvgIpc) is 3.02. The predicted octanol–water partition coefficient (Wildman–Crippen LogP) is 2.46. The summed E-state index contributed by atoms with van der Waals surface area (Å²) >= 11 is 0. The molecule has 1 aliphatic heterocycles. The summed E-state index contributed by atoms with van der Waals surface area (Å²) in [5.41, 5.74) is 2.88. The van der Waals surface area contributed by atoms with Crippen molar-refractivity contribution in [2.24, 2.45) is 0 Å². The number of nitrogens with zero attached hydrogens (tertiary/aromatic N) is 1. The van der Waals surface area contributed by atoms with Crippen LogP contribution >= 0.6 is 0 Å². The minimum atomic E-state index is -3.30. The zero-order valence-electron chi connectivity index (χ0n) is 12.7. The summed E-state index contributed by atoms with van der Waals surface area (Å²) in [6.45, 7) is 0. The van der Waals surface area contributed by atoms with Gasteiger partial charge in [0.2, 0.25) is 5.91 Å². The summed E-state index contributed by atoms with van der Waals surface area (Å²) in [4.78, 5) is 20.1. The fourth-order valence-corrected chi connectivity index (χ4v) is 4.73. The Morgan fingerprint density at radius 3 is 2.92 bits per heavy atom. The van der Waals surface area contributed by atoms with Crippen LogP contribution < -0.4 is 5.32 Å². The van der Waals surface area contributed by atoms with Crippen LogP contribution in [0.4, 0.5) is 5.69 Å². The summed E-state index contributed by atoms with van der Waals surface area (Å²) in [5.74, 6) is -0.680. The lowest BCUT2D eigenvalue weighted by molar-refractivity contribution is -0.117. The van der Waals surface area contributed by atoms with Crippen molar-refractivity contribution < 1.29 is 13.2 Å². The van der Waals surface area contributed by atoms with Crippen LogP contribution in [0.3, 0.4) is 0 Å². The third-order valence-electron chi connectivity index (χ3n) is 4.31. The molecule has 2 aromatic carbocycles. The number of hydrogen-bond acceptors (Lipinski definition) is 4. The van der Waals surface area contributed by atoms with E-state index in [0.717, 1.165) is 11.0 Å². The molecular weight excluding hydrogens is 326 g/mol. The highest BCUT2D eigenvalue weighted by Crippen LogP contribution is 2.34. The Kier molecular flexibility index (Phi) is 3.38. The maximum absolute atomic E-state index is 12.7. The molecule has 0 saturated carbocycles. The summed E-state index contributed by atoms with van der Waals surface area (Å²) in [6.07, 6.45) is 1.88. The number of aromatic nitrogens is 2. The highest BCUT2D eigenvalue weighted by Gasteiger charge is 2.33. The first-order valence-corrected chi connectivity index (χ1v) is 9.25. The van der Waals surface area contributed by atoms with Gasteiger partial charge in [0, 0.05) is 5.69 Å². The molecule has 0 saturated heterocycles. The van der Waals surface area contributed by atoms with Crippen LogP contribution in [0.1, 0.15) is 17.9 Å². The number of anilines is 1. The number of H-pyrrole nitrogens is 1. The van der Waals surface area contributed by atoms with Crippen LogP contribution in [0.15, 0.2) is 53.7 Å². The average molecular weight is 341 g/mol. The molecule has 0 bridgehead atoms. The second kappa shape index (κ2) is 5.45. The molecule has 7 heteroatoms. The maximum atomic E-state index is 12.7. The summed E-state index contributed by atoms with van der Waals surface area (Å²) in [5, 5.41) is 2.88. The molecule has 3 aromatic rings. The Morgan fingerprint density at radius 2 is 2.04 bits per heavy atom. The van der Waals surface area contributed by atoms with E-state index in [1.165, 1.54) is 0 Å². The van der Waals surface area contributed by atoms with Gasteiger partial charge in [-0.25, -0.2) is 13.4 Å². The van der Waals surface area contributed by atoms with Gasteiger partial charge in [-0.3, -0.25) is 4.79 Å². The van der Waals surface area contributed by atoms with E-state index in [9.17, 15) is 13.2 Å². The van der Waals surface area contributed by atoms with Gasteiger partial charge in [-0.1, -0.05) is 18.2 Å². The second-order valence-electron chi connectivity index (χ2n) is 5.82. The highest BCUT2D eigenvalue weighted by molar-refractivity contribution is 7.91. The van der Waals surface area contributed by atoms with Gasteiger partial charge in [0.15, 0.2) is 9.84 Å². The molecule has 0 aliphatic carbocycles. The van der Waals surface area contributed by atoms with Gasteiger partial charge in [0.05, 0.1) is 33.9 Å². The SMILES string of the molecule is O=C(Nc1ccc2nc[nH]c2c1)C1CCS(=O)(=O)c2ccccc21. The monoisotopic (exact) mass is 341 g/mol. The van der Waals surface area contributed by atoms with Gasteiger partial charge in [-0.05, 0) is 36.2 Å². The highest BCUT2D eigenvalue weighted by atomic mass is 32.2. The zero-order valence-corrected chi connectivity index (χ0v) is 13.5. The van der Waals surface area contributed by atoms with E-state index in [2.05, 4.69) is 15.3 Å². The Morgan fingerprint density at radius 1 is 1.21 bits per heavy atom. The van der Waals surface area contributed by atoms with E-state index in [-0.39, 0.29) is 23.0 Å². The van der Waals surface area contributed by atoms with Crippen LogP contribution in [-0.2, 0) is 14.6 Å². The first kappa shape index (κ1) is 14.9. The molecule has 0 radical (unpaired) electrons. The van der Waals surface area contributed by atoms with Gasteiger partial charge < -0.3 is 10.3 Å². The largest absolute Gasteiger partial charge is 0.345 e. The van der Waals surface area contributed by atoms with Crippen LogP contribution in [-0.4, -0.2) is 30.0 Å². The van der Waals surface area contributed by atoms with Crippen molar-refractivity contribution in [3.05, 3.63) is 54.4 Å². The number of hydrogen-bond donors (Lipinski definition) is 2. The molecule has 4 rings (SSSR count). The fourth-order valence-electron chi connectivity index (χ4n) is 3.11. The van der Waals surface area contributed by atoms with E-state index in [0.29, 0.717) is 11.3 Å². The van der Waals surface area contributed by atoms with Crippen molar-refractivity contribution in [1.82, 2.24) is 9.97 Å². The Bertz CT molecular complexity index is 1040. The first-order chi connectivity index (χ1) is 11.5. The van der Waals surface area contributed by atoms with Crippen LogP contribution in [0.25, 0.3) is 11.0 Å². The number of carbonyl (C=O) groups is 1. The van der Waals surface area contributed by atoms with Crippen molar-refractivity contribution in [3.8, 4) is 0 Å². The molecule has 1 aromatic heterocycles. The molecule has 2 heterocycles. The van der Waals surface area contributed by atoms with E-state index >= 15 is 0 Å². The number of nitrogens with one attached hydrogen (secondary N) is 2. The zero-order chi connectivity index (χ0) is 16.7. The van der Waals surface area contributed by atoms with Crippen LogP contribution in [0.2, 0.25) is 0 Å². The van der Waals surface area contributed by atoms with Crippen molar-refractivity contribution >= 4 is 32.5 Å². The molecular formula is C17H15N3O3S. The third-order valence-corrected chi connectivity index (χ3v) is 6.12. The number of amides is 1. The molecule has 1 unspecified atom stereocenters. The lowest BCUT2D eigenvalue weighted by Crippen LogP contribution is -2.29. The quantitative estimate of drug-likeness (QED) is 0.749. The number of imidazole rings is 1. The van der Waals surface area contributed by atoms with Gasteiger partial charge >= 0.3 is 0 Å². The molecule has 122 valence electrons. The van der Waals surface area contributed by atoms with E-state index < -0.39 is 15.8 Å². The topological polar surface area (TPSA) is 91.9 Å². The normalized spacial score (nSPS) is 18.9. The molecule has 0 fully saturated rings. The number of aromatic amines is 1. The van der Waals surface area contributed by atoms with Crippen LogP contribution in [0, 0.1) is 0 Å². The molecule has 6 nitrogen and oxygen atoms in total. The number of carbonyl (C=O) groups excluding carboxylic acids is 1. The number of rotatable bonds is 2. The molecule has 1 amide bonds. The van der Waals surface area contributed by atoms with E-state index in [1.54, 1.807) is 36.7 Å². The molecule has 1 aliphatic rings. The molecule has 0 spiro atoms. The summed E-state index contributed by atoms with van der Waals surface area (Å²) < 4.78 is 24.3.